The molecule has 0 radical (unpaired) electrons. The summed E-state index contributed by atoms with van der Waals surface area (Å²) in [6, 6.07) is 14.1. The predicted molar refractivity (Wildman–Crippen MR) is 116 cm³/mol. The van der Waals surface area contributed by atoms with Gasteiger partial charge in [-0.25, -0.2) is 4.79 Å². The molecule has 0 bridgehead atoms. The first-order chi connectivity index (χ1) is 14.5. The third-order valence-electron chi connectivity index (χ3n) is 5.24. The first-order valence-electron chi connectivity index (χ1n) is 10.0. The smallest absolute Gasteiger partial charge is 0.336 e. The van der Waals surface area contributed by atoms with Crippen LogP contribution in [0, 0.1) is 0 Å². The normalized spacial score (nSPS) is 14.8. The maximum atomic E-state index is 12.7. The van der Waals surface area contributed by atoms with Crippen LogP contribution in [0.2, 0.25) is 5.02 Å². The molecule has 6 nitrogen and oxygen atoms in total. The molecule has 0 aliphatic carbocycles. The van der Waals surface area contributed by atoms with Crippen LogP contribution in [0.4, 0.5) is 0 Å². The molecule has 1 fully saturated rings. The first-order valence-corrected chi connectivity index (χ1v) is 10.4. The van der Waals surface area contributed by atoms with E-state index < -0.39 is 0 Å². The molecule has 1 aromatic heterocycles. The topological polar surface area (TPSA) is 63.0 Å². The summed E-state index contributed by atoms with van der Waals surface area (Å²) in [6.07, 6.45) is 0. The summed E-state index contributed by atoms with van der Waals surface area (Å²) in [7, 11) is 0. The lowest BCUT2D eigenvalue weighted by Gasteiger charge is -2.35. The van der Waals surface area contributed by atoms with E-state index in [4.69, 9.17) is 20.8 Å². The Morgan fingerprint density at radius 3 is 2.63 bits per heavy atom. The Morgan fingerprint density at radius 2 is 1.90 bits per heavy atom. The van der Waals surface area contributed by atoms with Crippen LogP contribution in [-0.4, -0.2) is 48.5 Å². The van der Waals surface area contributed by atoms with Gasteiger partial charge in [-0.15, -0.1) is 0 Å². The second kappa shape index (κ2) is 8.90. The van der Waals surface area contributed by atoms with Gasteiger partial charge in [-0.2, -0.15) is 0 Å². The van der Waals surface area contributed by atoms with Crippen LogP contribution < -0.4 is 10.4 Å². The van der Waals surface area contributed by atoms with E-state index >= 15 is 0 Å². The zero-order valence-electron chi connectivity index (χ0n) is 16.8. The van der Waals surface area contributed by atoms with Crippen LogP contribution in [0.3, 0.4) is 0 Å². The number of rotatable bonds is 5. The lowest BCUT2D eigenvalue weighted by Crippen LogP contribution is -2.48. The van der Waals surface area contributed by atoms with E-state index in [1.807, 2.05) is 17.9 Å². The number of piperazine rings is 1. The molecule has 0 N–H and O–H groups in total. The van der Waals surface area contributed by atoms with Crippen molar-refractivity contribution in [2.24, 2.45) is 0 Å². The third-order valence-corrected chi connectivity index (χ3v) is 5.47. The summed E-state index contributed by atoms with van der Waals surface area (Å²) >= 11 is 6.01. The van der Waals surface area contributed by atoms with Crippen LogP contribution in [0.15, 0.2) is 57.7 Å². The maximum Gasteiger partial charge on any atom is 0.336 e. The highest BCUT2D eigenvalue weighted by Gasteiger charge is 2.23. The van der Waals surface area contributed by atoms with Crippen molar-refractivity contribution in [1.82, 2.24) is 9.80 Å². The molecule has 1 aliphatic rings. The molecule has 2 aromatic carbocycles. The quantitative estimate of drug-likeness (QED) is 0.580. The van der Waals surface area contributed by atoms with Crippen molar-refractivity contribution in [1.29, 1.82) is 0 Å². The minimum atomic E-state index is -0.364. The van der Waals surface area contributed by atoms with Gasteiger partial charge in [0.15, 0.2) is 0 Å². The number of nitrogens with zero attached hydrogens (tertiary/aromatic N) is 2. The number of carbonyl (C=O) groups is 1. The fraction of sp³-hybridized carbons (Fsp3) is 0.304. The molecular formula is C23H23ClN2O4. The van der Waals surface area contributed by atoms with Crippen LogP contribution in [0.25, 0.3) is 11.0 Å². The molecule has 4 rings (SSSR count). The van der Waals surface area contributed by atoms with Crippen molar-refractivity contribution in [3.63, 3.8) is 0 Å². The predicted octanol–water partition coefficient (Wildman–Crippen LogP) is 3.80. The second-order valence-electron chi connectivity index (χ2n) is 7.26. The zero-order valence-corrected chi connectivity index (χ0v) is 17.5. The average molecular weight is 427 g/mol. The van der Waals surface area contributed by atoms with E-state index in [1.54, 1.807) is 42.5 Å². The van der Waals surface area contributed by atoms with Crippen molar-refractivity contribution in [2.45, 2.75) is 13.5 Å². The van der Waals surface area contributed by atoms with Crippen molar-refractivity contribution in [3.05, 3.63) is 75.1 Å². The molecule has 0 saturated carbocycles. The van der Waals surface area contributed by atoms with Gasteiger partial charge in [0.1, 0.15) is 11.3 Å². The Bertz CT molecular complexity index is 1120. The Hall–Kier alpha value is -2.83. The molecule has 30 heavy (non-hydrogen) atoms. The number of halogens is 1. The van der Waals surface area contributed by atoms with Crippen LogP contribution in [0.1, 0.15) is 22.8 Å². The summed E-state index contributed by atoms with van der Waals surface area (Å²) in [6.45, 7) is 5.79. The van der Waals surface area contributed by atoms with E-state index in [2.05, 4.69) is 4.90 Å². The fourth-order valence-electron chi connectivity index (χ4n) is 3.75. The molecule has 0 spiro atoms. The van der Waals surface area contributed by atoms with Gasteiger partial charge in [-0.05, 0) is 48.9 Å². The number of amides is 1. The summed E-state index contributed by atoms with van der Waals surface area (Å²) in [5, 5.41) is 1.43. The van der Waals surface area contributed by atoms with Crippen molar-refractivity contribution in [2.75, 3.05) is 32.8 Å². The molecule has 1 saturated heterocycles. The second-order valence-corrected chi connectivity index (χ2v) is 7.70. The zero-order chi connectivity index (χ0) is 21.1. The van der Waals surface area contributed by atoms with E-state index in [9.17, 15) is 9.59 Å². The number of hydrogen-bond donors (Lipinski definition) is 0. The van der Waals surface area contributed by atoms with Gasteiger partial charge >= 0.3 is 5.63 Å². The minimum absolute atomic E-state index is 0.00990. The number of benzene rings is 2. The lowest BCUT2D eigenvalue weighted by molar-refractivity contribution is 0.0629. The Balaban J connectivity index is 1.47. The summed E-state index contributed by atoms with van der Waals surface area (Å²) < 4.78 is 10.9. The van der Waals surface area contributed by atoms with Crippen molar-refractivity contribution < 1.29 is 13.9 Å². The summed E-state index contributed by atoms with van der Waals surface area (Å²) in [5.41, 5.74) is 1.69. The third kappa shape index (κ3) is 4.50. The van der Waals surface area contributed by atoms with Crippen molar-refractivity contribution in [3.8, 4) is 5.75 Å². The van der Waals surface area contributed by atoms with Gasteiger partial charge in [-0.1, -0.05) is 17.7 Å². The SMILES string of the molecule is CCOc1ccc2oc(=O)cc(CN3CCN(C(=O)c4cccc(Cl)c4)CC3)c2c1. The highest BCUT2D eigenvalue weighted by atomic mass is 35.5. The van der Waals surface area contributed by atoms with E-state index in [0.717, 1.165) is 29.8 Å². The molecular weight excluding hydrogens is 404 g/mol. The van der Waals surface area contributed by atoms with Gasteiger partial charge in [0.25, 0.3) is 5.91 Å². The highest BCUT2D eigenvalue weighted by Crippen LogP contribution is 2.24. The largest absolute Gasteiger partial charge is 0.494 e. The molecule has 1 aliphatic heterocycles. The Morgan fingerprint density at radius 1 is 1.10 bits per heavy atom. The van der Waals surface area contributed by atoms with E-state index in [1.165, 1.54) is 0 Å². The molecule has 3 aromatic rings. The van der Waals surface area contributed by atoms with Gasteiger partial charge in [0, 0.05) is 54.8 Å². The first kappa shape index (κ1) is 20.4. The standard InChI is InChI=1S/C23H23ClN2O4/c1-2-29-19-6-7-21-20(14-19)17(13-22(27)30-21)15-25-8-10-26(11-9-25)23(28)16-4-3-5-18(24)12-16/h3-7,12-14H,2,8-11,15H2,1H3. The average Bonchev–Trinajstić information content (AvgIpc) is 2.74. The van der Waals surface area contributed by atoms with Crippen LogP contribution >= 0.6 is 11.6 Å². The molecule has 1 amide bonds. The monoisotopic (exact) mass is 426 g/mol. The number of fused-ring (bicyclic) bond motifs is 1. The maximum absolute atomic E-state index is 12.7. The molecule has 156 valence electrons. The summed E-state index contributed by atoms with van der Waals surface area (Å²) in [4.78, 5) is 28.8. The fourth-order valence-corrected chi connectivity index (χ4v) is 3.94. The number of carbonyl (C=O) groups excluding carboxylic acids is 1. The molecule has 0 atom stereocenters. The lowest BCUT2D eigenvalue weighted by atomic mass is 10.1. The Labute approximate surface area is 179 Å². The van der Waals surface area contributed by atoms with Gasteiger partial charge in [-0.3, -0.25) is 9.69 Å². The molecule has 0 unspecified atom stereocenters. The van der Waals surface area contributed by atoms with Crippen LogP contribution in [0.5, 0.6) is 5.75 Å². The van der Waals surface area contributed by atoms with E-state index in [0.29, 0.717) is 42.4 Å². The Kier molecular flexibility index (Phi) is 6.06. The van der Waals surface area contributed by atoms with Gasteiger partial charge in [0.05, 0.1) is 6.61 Å². The minimum Gasteiger partial charge on any atom is -0.494 e. The van der Waals surface area contributed by atoms with Gasteiger partial charge < -0.3 is 14.1 Å². The highest BCUT2D eigenvalue weighted by molar-refractivity contribution is 6.30. The van der Waals surface area contributed by atoms with E-state index in [-0.39, 0.29) is 11.5 Å². The van der Waals surface area contributed by atoms with Crippen LogP contribution in [-0.2, 0) is 6.54 Å². The number of ether oxygens (including phenoxy) is 1. The summed E-state index contributed by atoms with van der Waals surface area (Å²) in [5.74, 6) is 0.737. The van der Waals surface area contributed by atoms with Gasteiger partial charge in [0.2, 0.25) is 0 Å². The molecule has 7 heteroatoms. The van der Waals surface area contributed by atoms with Crippen molar-refractivity contribution >= 4 is 28.5 Å². The number of hydrogen-bond acceptors (Lipinski definition) is 5. The molecule has 2 heterocycles.